The molecule has 0 spiro atoms. The lowest BCUT2D eigenvalue weighted by molar-refractivity contribution is 0.0697. The molecule has 0 aliphatic heterocycles. The Kier molecular flexibility index (Phi) is 4.68. The van der Waals surface area contributed by atoms with Crippen molar-refractivity contribution in [3.8, 4) is 17.2 Å². The van der Waals surface area contributed by atoms with E-state index in [2.05, 4.69) is 0 Å². The van der Waals surface area contributed by atoms with E-state index >= 15 is 0 Å². The van der Waals surface area contributed by atoms with Crippen LogP contribution in [-0.2, 0) is 0 Å². The van der Waals surface area contributed by atoms with Gasteiger partial charge in [0.1, 0.15) is 17.2 Å². The number of carboxylic acids is 1. The molecule has 2 rings (SSSR count). The van der Waals surface area contributed by atoms with Crippen molar-refractivity contribution in [1.82, 2.24) is 0 Å². The molecule has 0 saturated heterocycles. The van der Waals surface area contributed by atoms with E-state index in [-0.39, 0.29) is 11.3 Å². The maximum absolute atomic E-state index is 10.8. The molecule has 5 nitrogen and oxygen atoms in total. The largest absolute Gasteiger partial charge is 0.508 e. The first-order valence-corrected chi connectivity index (χ1v) is 6.51. The number of ether oxygens (including phenoxy) is 2. The van der Waals surface area contributed by atoms with Crippen molar-refractivity contribution < 1.29 is 24.5 Å². The topological polar surface area (TPSA) is 76.0 Å². The van der Waals surface area contributed by atoms with Gasteiger partial charge in [-0.05, 0) is 23.8 Å². The highest BCUT2D eigenvalue weighted by Crippen LogP contribution is 2.34. The van der Waals surface area contributed by atoms with Crippen LogP contribution in [0.25, 0.3) is 12.2 Å². The molecule has 114 valence electrons. The quantitative estimate of drug-likeness (QED) is 0.829. The molecule has 0 bridgehead atoms. The van der Waals surface area contributed by atoms with Crippen molar-refractivity contribution in [2.24, 2.45) is 0 Å². The highest BCUT2D eigenvalue weighted by atomic mass is 16.5. The minimum atomic E-state index is -0.961. The van der Waals surface area contributed by atoms with E-state index < -0.39 is 5.97 Å². The van der Waals surface area contributed by atoms with Crippen molar-refractivity contribution >= 4 is 18.1 Å². The zero-order chi connectivity index (χ0) is 16.1. The molecule has 5 heteroatoms. The number of aromatic carboxylic acids is 1. The van der Waals surface area contributed by atoms with Gasteiger partial charge in [0.05, 0.1) is 25.3 Å². The second-order valence-electron chi connectivity index (χ2n) is 4.52. The minimum Gasteiger partial charge on any atom is -0.508 e. The summed E-state index contributed by atoms with van der Waals surface area (Å²) in [5.74, 6) is 0.0552. The second kappa shape index (κ2) is 6.67. The van der Waals surface area contributed by atoms with Crippen molar-refractivity contribution in [3.63, 3.8) is 0 Å². The molecule has 0 aromatic heterocycles. The lowest BCUT2D eigenvalue weighted by Gasteiger charge is -2.10. The monoisotopic (exact) mass is 300 g/mol. The highest BCUT2D eigenvalue weighted by Gasteiger charge is 2.09. The van der Waals surface area contributed by atoms with Gasteiger partial charge in [0.15, 0.2) is 0 Å². The summed E-state index contributed by atoms with van der Waals surface area (Å²) in [6.45, 7) is 0. The van der Waals surface area contributed by atoms with Crippen molar-refractivity contribution in [2.75, 3.05) is 14.2 Å². The Morgan fingerprint density at radius 2 is 1.55 bits per heavy atom. The number of phenols is 1. The van der Waals surface area contributed by atoms with Crippen LogP contribution in [0.2, 0.25) is 0 Å². The minimum absolute atomic E-state index is 0.0525. The summed E-state index contributed by atoms with van der Waals surface area (Å²) in [6, 6.07) is 9.48. The van der Waals surface area contributed by atoms with Gasteiger partial charge >= 0.3 is 5.97 Å². The van der Waals surface area contributed by atoms with Gasteiger partial charge in [0, 0.05) is 12.1 Å². The molecule has 2 aromatic carbocycles. The number of hydrogen-bond donors (Lipinski definition) is 2. The lowest BCUT2D eigenvalue weighted by Crippen LogP contribution is -1.95. The molecular weight excluding hydrogens is 284 g/mol. The van der Waals surface area contributed by atoms with Crippen LogP contribution in [0, 0.1) is 0 Å². The third kappa shape index (κ3) is 3.38. The fraction of sp³-hybridized carbons (Fsp3) is 0.118. The zero-order valence-corrected chi connectivity index (χ0v) is 12.2. The Balaban J connectivity index is 2.35. The Labute approximate surface area is 128 Å². The van der Waals surface area contributed by atoms with Crippen LogP contribution in [0.3, 0.4) is 0 Å². The molecule has 0 aliphatic carbocycles. The van der Waals surface area contributed by atoms with Crippen LogP contribution in [-0.4, -0.2) is 30.4 Å². The van der Waals surface area contributed by atoms with Crippen molar-refractivity contribution in [2.45, 2.75) is 0 Å². The van der Waals surface area contributed by atoms with Crippen LogP contribution in [0.15, 0.2) is 36.4 Å². The van der Waals surface area contributed by atoms with E-state index in [4.69, 9.17) is 14.6 Å². The number of carboxylic acid groups (broad SMARTS) is 1. The Bertz CT molecular complexity index is 676. The standard InChI is InChI=1S/C17H16O5/c1-21-15-9-13(18)10-16(22-2)14(15)8-5-11-3-6-12(7-4-11)17(19)20/h3-10,18H,1-2H3,(H,19,20)/b8-5+. The first-order chi connectivity index (χ1) is 10.5. The first kappa shape index (κ1) is 15.4. The van der Waals surface area contributed by atoms with E-state index in [9.17, 15) is 9.90 Å². The summed E-state index contributed by atoms with van der Waals surface area (Å²) in [5.41, 5.74) is 1.75. The summed E-state index contributed by atoms with van der Waals surface area (Å²) in [7, 11) is 3.01. The maximum atomic E-state index is 10.8. The van der Waals surface area contributed by atoms with Gasteiger partial charge in [-0.2, -0.15) is 0 Å². The average Bonchev–Trinajstić information content (AvgIpc) is 2.53. The predicted molar refractivity (Wildman–Crippen MR) is 83.5 cm³/mol. The van der Waals surface area contributed by atoms with E-state index in [0.29, 0.717) is 17.1 Å². The molecule has 0 unspecified atom stereocenters. The molecule has 0 amide bonds. The van der Waals surface area contributed by atoms with E-state index in [1.54, 1.807) is 18.2 Å². The number of methoxy groups -OCH3 is 2. The highest BCUT2D eigenvalue weighted by molar-refractivity contribution is 5.88. The van der Waals surface area contributed by atoms with Gasteiger partial charge in [-0.1, -0.05) is 18.2 Å². The molecule has 2 N–H and O–H groups in total. The predicted octanol–water partition coefficient (Wildman–Crippen LogP) is 3.28. The fourth-order valence-electron chi connectivity index (χ4n) is 2.01. The maximum Gasteiger partial charge on any atom is 0.335 e. The van der Waals surface area contributed by atoms with Gasteiger partial charge in [0.2, 0.25) is 0 Å². The summed E-state index contributed by atoms with van der Waals surface area (Å²) in [6.07, 6.45) is 3.59. The van der Waals surface area contributed by atoms with Crippen LogP contribution < -0.4 is 9.47 Å². The molecule has 0 saturated carbocycles. The fourth-order valence-corrected chi connectivity index (χ4v) is 2.01. The molecule has 0 radical (unpaired) electrons. The van der Waals surface area contributed by atoms with E-state index in [1.165, 1.54) is 38.5 Å². The normalized spacial score (nSPS) is 10.6. The molecule has 0 fully saturated rings. The summed E-state index contributed by atoms with van der Waals surface area (Å²) >= 11 is 0. The Morgan fingerprint density at radius 1 is 1.00 bits per heavy atom. The van der Waals surface area contributed by atoms with Gasteiger partial charge in [-0.25, -0.2) is 4.79 Å². The summed E-state index contributed by atoms with van der Waals surface area (Å²) in [5, 5.41) is 18.5. The smallest absolute Gasteiger partial charge is 0.335 e. The average molecular weight is 300 g/mol. The molecule has 2 aromatic rings. The first-order valence-electron chi connectivity index (χ1n) is 6.51. The zero-order valence-electron chi connectivity index (χ0n) is 12.2. The number of rotatable bonds is 5. The van der Waals surface area contributed by atoms with Gasteiger partial charge < -0.3 is 19.7 Å². The number of benzene rings is 2. The molecular formula is C17H16O5. The third-order valence-corrected chi connectivity index (χ3v) is 3.13. The third-order valence-electron chi connectivity index (χ3n) is 3.13. The summed E-state index contributed by atoms with van der Waals surface area (Å²) < 4.78 is 10.5. The van der Waals surface area contributed by atoms with Gasteiger partial charge in [0.25, 0.3) is 0 Å². The number of hydrogen-bond acceptors (Lipinski definition) is 4. The molecule has 0 aliphatic rings. The van der Waals surface area contributed by atoms with Gasteiger partial charge in [-0.3, -0.25) is 0 Å². The molecule has 0 atom stereocenters. The number of phenolic OH excluding ortho intramolecular Hbond substituents is 1. The molecule has 22 heavy (non-hydrogen) atoms. The Morgan fingerprint density at radius 3 is 2.00 bits per heavy atom. The van der Waals surface area contributed by atoms with Gasteiger partial charge in [-0.15, -0.1) is 0 Å². The SMILES string of the molecule is COc1cc(O)cc(OC)c1/C=C/c1ccc(C(=O)O)cc1. The van der Waals surface area contributed by atoms with Crippen LogP contribution in [0.1, 0.15) is 21.5 Å². The number of aromatic hydroxyl groups is 1. The van der Waals surface area contributed by atoms with Crippen molar-refractivity contribution in [1.29, 1.82) is 0 Å². The van der Waals surface area contributed by atoms with Crippen LogP contribution in [0.4, 0.5) is 0 Å². The Hall–Kier alpha value is -2.95. The summed E-state index contributed by atoms with van der Waals surface area (Å²) in [4.78, 5) is 10.8. The van der Waals surface area contributed by atoms with Crippen LogP contribution >= 0.6 is 0 Å². The van der Waals surface area contributed by atoms with Crippen LogP contribution in [0.5, 0.6) is 17.2 Å². The van der Waals surface area contributed by atoms with Crippen molar-refractivity contribution in [3.05, 3.63) is 53.1 Å². The number of carbonyl (C=O) groups is 1. The second-order valence-corrected chi connectivity index (χ2v) is 4.52. The van der Waals surface area contributed by atoms with E-state index in [1.807, 2.05) is 6.08 Å². The molecule has 0 heterocycles. The van der Waals surface area contributed by atoms with E-state index in [0.717, 1.165) is 5.56 Å². The lowest BCUT2D eigenvalue weighted by atomic mass is 10.1.